The minimum atomic E-state index is -0.333. The van der Waals surface area contributed by atoms with Crippen molar-refractivity contribution in [3.8, 4) is 5.88 Å². The third kappa shape index (κ3) is 4.87. The second-order valence-electron chi connectivity index (χ2n) is 5.42. The van der Waals surface area contributed by atoms with Crippen LogP contribution in [0.3, 0.4) is 0 Å². The number of aromatic nitrogens is 2. The molecule has 1 amide bonds. The van der Waals surface area contributed by atoms with Crippen LogP contribution in [0.2, 0.25) is 10.0 Å². The first-order valence-electron chi connectivity index (χ1n) is 7.47. The number of hydrogen-bond donors (Lipinski definition) is 2. The van der Waals surface area contributed by atoms with Crippen molar-refractivity contribution < 1.29 is 14.6 Å². The number of benzene rings is 1. The van der Waals surface area contributed by atoms with Crippen molar-refractivity contribution in [2.75, 3.05) is 6.61 Å². The standard InChI is InChI=1S/C16H19Cl2N3O3/c1-10(2)24-16-13(9-21(20-16)5-6-22)15(23)19-8-11-3-4-12(17)7-14(11)18/h3-4,7,9-10,22H,5-6,8H2,1-2H3,(H,19,23). The van der Waals surface area contributed by atoms with Gasteiger partial charge in [-0.05, 0) is 31.5 Å². The van der Waals surface area contributed by atoms with Crippen LogP contribution in [0.25, 0.3) is 0 Å². The molecule has 0 aliphatic carbocycles. The SMILES string of the molecule is CC(C)Oc1nn(CCO)cc1C(=O)NCc1ccc(Cl)cc1Cl. The Morgan fingerprint density at radius 2 is 2.17 bits per heavy atom. The van der Waals surface area contributed by atoms with Crippen molar-refractivity contribution in [2.45, 2.75) is 33.0 Å². The van der Waals surface area contributed by atoms with E-state index >= 15 is 0 Å². The fourth-order valence-corrected chi connectivity index (χ4v) is 2.50. The molecule has 0 saturated heterocycles. The van der Waals surface area contributed by atoms with Crippen molar-refractivity contribution in [1.29, 1.82) is 0 Å². The number of nitrogens with one attached hydrogen (secondary N) is 1. The van der Waals surface area contributed by atoms with E-state index in [2.05, 4.69) is 10.4 Å². The largest absolute Gasteiger partial charge is 0.473 e. The number of hydrogen-bond acceptors (Lipinski definition) is 4. The van der Waals surface area contributed by atoms with E-state index in [9.17, 15) is 4.79 Å². The first-order valence-corrected chi connectivity index (χ1v) is 8.23. The van der Waals surface area contributed by atoms with Crippen molar-refractivity contribution in [3.05, 3.63) is 45.6 Å². The monoisotopic (exact) mass is 371 g/mol. The molecule has 24 heavy (non-hydrogen) atoms. The Morgan fingerprint density at radius 3 is 2.79 bits per heavy atom. The zero-order chi connectivity index (χ0) is 17.7. The molecule has 0 bridgehead atoms. The predicted octanol–water partition coefficient (Wildman–Crippen LogP) is 2.90. The predicted molar refractivity (Wildman–Crippen MR) is 92.7 cm³/mol. The lowest BCUT2D eigenvalue weighted by Gasteiger charge is -2.09. The molecule has 0 aliphatic rings. The summed E-state index contributed by atoms with van der Waals surface area (Å²) in [6.07, 6.45) is 1.42. The van der Waals surface area contributed by atoms with Crippen LogP contribution in [0, 0.1) is 0 Å². The van der Waals surface area contributed by atoms with Gasteiger partial charge in [0.15, 0.2) is 0 Å². The second kappa shape index (κ2) is 8.37. The Balaban J connectivity index is 2.12. The molecule has 1 aromatic heterocycles. The summed E-state index contributed by atoms with van der Waals surface area (Å²) in [5, 5.41) is 17.0. The maximum absolute atomic E-state index is 12.4. The van der Waals surface area contributed by atoms with Gasteiger partial charge in [-0.15, -0.1) is 5.10 Å². The van der Waals surface area contributed by atoms with E-state index in [0.717, 1.165) is 5.56 Å². The molecule has 6 nitrogen and oxygen atoms in total. The van der Waals surface area contributed by atoms with Crippen LogP contribution in [0.4, 0.5) is 0 Å². The molecular weight excluding hydrogens is 353 g/mol. The Labute approximate surface area is 150 Å². The number of aliphatic hydroxyl groups excluding tert-OH is 1. The number of ether oxygens (including phenoxy) is 1. The van der Waals surface area contributed by atoms with Crippen molar-refractivity contribution in [1.82, 2.24) is 15.1 Å². The van der Waals surface area contributed by atoms with Crippen LogP contribution in [0.15, 0.2) is 24.4 Å². The summed E-state index contributed by atoms with van der Waals surface area (Å²) in [6.45, 7) is 4.15. The number of carbonyl (C=O) groups excluding carboxylic acids is 1. The van der Waals surface area contributed by atoms with Crippen molar-refractivity contribution in [2.24, 2.45) is 0 Å². The fraction of sp³-hybridized carbons (Fsp3) is 0.375. The average Bonchev–Trinajstić information content (AvgIpc) is 2.88. The highest BCUT2D eigenvalue weighted by atomic mass is 35.5. The van der Waals surface area contributed by atoms with Crippen LogP contribution in [0.5, 0.6) is 5.88 Å². The highest BCUT2D eigenvalue weighted by Crippen LogP contribution is 2.22. The highest BCUT2D eigenvalue weighted by molar-refractivity contribution is 6.35. The molecule has 8 heteroatoms. The summed E-state index contributed by atoms with van der Waals surface area (Å²) in [5.41, 5.74) is 1.06. The van der Waals surface area contributed by atoms with Gasteiger partial charge in [-0.3, -0.25) is 9.48 Å². The first kappa shape index (κ1) is 18.6. The van der Waals surface area contributed by atoms with E-state index in [4.69, 9.17) is 33.0 Å². The van der Waals surface area contributed by atoms with Gasteiger partial charge < -0.3 is 15.2 Å². The number of rotatable bonds is 7. The van der Waals surface area contributed by atoms with Crippen molar-refractivity contribution in [3.63, 3.8) is 0 Å². The van der Waals surface area contributed by atoms with Gasteiger partial charge in [0.05, 0.1) is 19.3 Å². The Morgan fingerprint density at radius 1 is 1.42 bits per heavy atom. The molecule has 0 radical (unpaired) electrons. The molecule has 0 saturated carbocycles. The highest BCUT2D eigenvalue weighted by Gasteiger charge is 2.19. The zero-order valence-electron chi connectivity index (χ0n) is 13.4. The van der Waals surface area contributed by atoms with Gasteiger partial charge in [0.1, 0.15) is 5.56 Å². The minimum absolute atomic E-state index is 0.0791. The van der Waals surface area contributed by atoms with Crippen LogP contribution in [0.1, 0.15) is 29.8 Å². The molecule has 130 valence electrons. The number of aliphatic hydroxyl groups is 1. The molecule has 1 heterocycles. The normalized spacial score (nSPS) is 10.9. The number of nitrogens with zero attached hydrogens (tertiary/aromatic N) is 2. The third-order valence-corrected chi connectivity index (χ3v) is 3.69. The third-order valence-electron chi connectivity index (χ3n) is 3.10. The van der Waals surface area contributed by atoms with Crippen LogP contribution < -0.4 is 10.1 Å². The number of carbonyl (C=O) groups is 1. The van der Waals surface area contributed by atoms with E-state index in [-0.39, 0.29) is 37.6 Å². The molecule has 2 rings (SSSR count). The minimum Gasteiger partial charge on any atom is -0.473 e. The van der Waals surface area contributed by atoms with E-state index in [1.54, 1.807) is 24.4 Å². The van der Waals surface area contributed by atoms with E-state index in [1.165, 1.54) is 4.68 Å². The van der Waals surface area contributed by atoms with Gasteiger partial charge >= 0.3 is 0 Å². The van der Waals surface area contributed by atoms with E-state index in [0.29, 0.717) is 15.6 Å². The average molecular weight is 372 g/mol. The van der Waals surface area contributed by atoms with Gasteiger partial charge in [0.25, 0.3) is 5.91 Å². The zero-order valence-corrected chi connectivity index (χ0v) is 14.9. The summed E-state index contributed by atoms with van der Waals surface area (Å²) in [7, 11) is 0. The van der Waals surface area contributed by atoms with Gasteiger partial charge in [0, 0.05) is 22.8 Å². The molecule has 0 atom stereocenters. The topological polar surface area (TPSA) is 76.4 Å². The molecule has 2 aromatic rings. The van der Waals surface area contributed by atoms with Gasteiger partial charge in [0.2, 0.25) is 5.88 Å². The van der Waals surface area contributed by atoms with E-state index in [1.807, 2.05) is 13.8 Å². The van der Waals surface area contributed by atoms with Crippen LogP contribution in [-0.4, -0.2) is 33.5 Å². The van der Waals surface area contributed by atoms with Gasteiger partial charge in [-0.1, -0.05) is 29.3 Å². The summed E-state index contributed by atoms with van der Waals surface area (Å²) in [4.78, 5) is 12.4. The summed E-state index contributed by atoms with van der Waals surface area (Å²) in [5.74, 6) is -0.0981. The second-order valence-corrected chi connectivity index (χ2v) is 6.26. The maximum Gasteiger partial charge on any atom is 0.258 e. The van der Waals surface area contributed by atoms with Crippen LogP contribution in [-0.2, 0) is 13.1 Å². The molecule has 2 N–H and O–H groups in total. The lowest BCUT2D eigenvalue weighted by atomic mass is 10.2. The fourth-order valence-electron chi connectivity index (χ4n) is 2.02. The number of halogens is 2. The Kier molecular flexibility index (Phi) is 6.48. The lowest BCUT2D eigenvalue weighted by Crippen LogP contribution is -2.23. The number of amides is 1. The molecular formula is C16H19Cl2N3O3. The Hall–Kier alpha value is -1.76. The maximum atomic E-state index is 12.4. The lowest BCUT2D eigenvalue weighted by molar-refractivity contribution is 0.0945. The summed E-state index contributed by atoms with van der Waals surface area (Å²) < 4.78 is 7.04. The quantitative estimate of drug-likeness (QED) is 0.784. The smallest absolute Gasteiger partial charge is 0.258 e. The van der Waals surface area contributed by atoms with Gasteiger partial charge in [-0.2, -0.15) is 0 Å². The summed E-state index contributed by atoms with van der Waals surface area (Å²) in [6, 6.07) is 5.09. The van der Waals surface area contributed by atoms with Gasteiger partial charge in [-0.25, -0.2) is 0 Å². The first-order chi connectivity index (χ1) is 11.4. The summed E-state index contributed by atoms with van der Waals surface area (Å²) >= 11 is 12.0. The van der Waals surface area contributed by atoms with Crippen LogP contribution >= 0.6 is 23.2 Å². The molecule has 0 aliphatic heterocycles. The molecule has 0 spiro atoms. The van der Waals surface area contributed by atoms with Crippen molar-refractivity contribution >= 4 is 29.1 Å². The molecule has 1 aromatic carbocycles. The van der Waals surface area contributed by atoms with E-state index < -0.39 is 0 Å². The Bertz CT molecular complexity index is 717. The molecule has 0 unspecified atom stereocenters. The molecule has 0 fully saturated rings.